The van der Waals surface area contributed by atoms with Gasteiger partial charge in [0.25, 0.3) is 5.69 Å². The summed E-state index contributed by atoms with van der Waals surface area (Å²) in [6.07, 6.45) is -4.94. The maximum atomic E-state index is 13.3. The first kappa shape index (κ1) is 17.6. The van der Waals surface area contributed by atoms with E-state index >= 15 is 0 Å². The number of benzene rings is 1. The molecule has 1 aromatic heterocycles. The lowest BCUT2D eigenvalue weighted by Crippen LogP contribution is -2.17. The van der Waals surface area contributed by atoms with E-state index in [0.717, 1.165) is 6.07 Å². The molecule has 0 unspecified atom stereocenters. The molecule has 5 nitrogen and oxygen atoms in total. The first-order valence-electron chi connectivity index (χ1n) is 6.07. The van der Waals surface area contributed by atoms with Crippen molar-refractivity contribution in [3.05, 3.63) is 50.1 Å². The third kappa shape index (κ3) is 3.29. The molecule has 0 spiro atoms. The number of aromatic nitrogens is 1. The van der Waals surface area contributed by atoms with E-state index in [9.17, 15) is 23.3 Å². The van der Waals surface area contributed by atoms with E-state index in [0.29, 0.717) is 4.57 Å². The smallest absolute Gasteiger partial charge is 0.364 e. The van der Waals surface area contributed by atoms with E-state index in [1.807, 2.05) is 0 Å². The van der Waals surface area contributed by atoms with Crippen LogP contribution in [0.3, 0.4) is 0 Å². The van der Waals surface area contributed by atoms with Gasteiger partial charge in [-0.3, -0.25) is 10.1 Å². The third-order valence-corrected chi connectivity index (χ3v) is 3.85. The number of rotatable bonds is 4. The Balaban J connectivity index is 2.83. The summed E-state index contributed by atoms with van der Waals surface area (Å²) in [6.45, 7) is -0.541. The van der Waals surface area contributed by atoms with Gasteiger partial charge in [0, 0.05) is 18.7 Å². The molecule has 2 rings (SSSR count). The lowest BCUT2D eigenvalue weighted by Gasteiger charge is -2.14. The molecule has 2 aromatic rings. The van der Waals surface area contributed by atoms with Gasteiger partial charge in [-0.25, -0.2) is 0 Å². The molecule has 0 aliphatic rings. The molecular weight excluding hydrogens is 360 g/mol. The summed E-state index contributed by atoms with van der Waals surface area (Å²) >= 11 is 11.9. The Bertz CT molecular complexity index is 760. The topological polar surface area (TPSA) is 57.3 Å². The second-order valence-corrected chi connectivity index (χ2v) is 5.25. The van der Waals surface area contributed by atoms with Crippen molar-refractivity contribution in [2.75, 3.05) is 7.11 Å². The molecule has 0 aliphatic heterocycles. The summed E-state index contributed by atoms with van der Waals surface area (Å²) in [5, 5.41) is 11.1. The van der Waals surface area contributed by atoms with Crippen LogP contribution in [-0.4, -0.2) is 16.6 Å². The average molecular weight is 369 g/mol. The van der Waals surface area contributed by atoms with Crippen LogP contribution in [0.2, 0.25) is 10.0 Å². The van der Waals surface area contributed by atoms with Gasteiger partial charge in [0.15, 0.2) is 0 Å². The average Bonchev–Trinajstić information content (AvgIpc) is 2.82. The first-order chi connectivity index (χ1) is 10.7. The Hall–Kier alpha value is -1.77. The summed E-state index contributed by atoms with van der Waals surface area (Å²) in [7, 11) is 1.18. The van der Waals surface area contributed by atoms with Gasteiger partial charge in [0.2, 0.25) is 5.69 Å². The van der Waals surface area contributed by atoms with Gasteiger partial charge in [-0.15, -0.1) is 0 Å². The Morgan fingerprint density at radius 1 is 1.35 bits per heavy atom. The number of hydrogen-bond acceptors (Lipinski definition) is 3. The fourth-order valence-electron chi connectivity index (χ4n) is 2.16. The number of ether oxygens (including phenoxy) is 1. The molecule has 0 saturated carbocycles. The number of halogens is 5. The molecule has 124 valence electrons. The van der Waals surface area contributed by atoms with Crippen molar-refractivity contribution in [2.24, 2.45) is 0 Å². The van der Waals surface area contributed by atoms with Gasteiger partial charge < -0.3 is 9.30 Å². The number of nitro groups is 1. The van der Waals surface area contributed by atoms with Crippen molar-refractivity contribution < 1.29 is 22.8 Å². The van der Waals surface area contributed by atoms with E-state index in [2.05, 4.69) is 0 Å². The highest BCUT2D eigenvalue weighted by Gasteiger charge is 2.44. The molecule has 0 saturated heterocycles. The maximum absolute atomic E-state index is 13.3. The van der Waals surface area contributed by atoms with Crippen molar-refractivity contribution in [1.29, 1.82) is 0 Å². The molecule has 0 amide bonds. The minimum Gasteiger partial charge on any atom is -0.364 e. The minimum atomic E-state index is -4.94. The van der Waals surface area contributed by atoms with Gasteiger partial charge in [-0.2, -0.15) is 13.2 Å². The lowest BCUT2D eigenvalue weighted by atomic mass is 10.1. The van der Waals surface area contributed by atoms with Crippen LogP contribution in [0.4, 0.5) is 18.9 Å². The molecular formula is C13H9Cl2F3N2O3. The minimum absolute atomic E-state index is 0.00681. The van der Waals surface area contributed by atoms with Crippen molar-refractivity contribution in [3.63, 3.8) is 0 Å². The van der Waals surface area contributed by atoms with E-state index in [4.69, 9.17) is 27.9 Å². The Labute approximate surface area is 138 Å². The summed E-state index contributed by atoms with van der Waals surface area (Å²) in [4.78, 5) is 9.91. The van der Waals surface area contributed by atoms with Crippen LogP contribution in [0.1, 0.15) is 5.69 Å². The second-order valence-electron chi connectivity index (χ2n) is 4.47. The Kier molecular flexibility index (Phi) is 4.88. The van der Waals surface area contributed by atoms with Crippen molar-refractivity contribution in [2.45, 2.75) is 12.9 Å². The summed E-state index contributed by atoms with van der Waals surface area (Å²) in [6, 6.07) is 5.15. The molecule has 0 N–H and O–H groups in total. The Morgan fingerprint density at radius 2 is 2.00 bits per heavy atom. The molecule has 1 aromatic carbocycles. The zero-order valence-electron chi connectivity index (χ0n) is 11.5. The van der Waals surface area contributed by atoms with Crippen LogP contribution < -0.4 is 0 Å². The van der Waals surface area contributed by atoms with Gasteiger partial charge in [-0.1, -0.05) is 35.3 Å². The van der Waals surface area contributed by atoms with Crippen LogP contribution in [0.25, 0.3) is 11.3 Å². The van der Waals surface area contributed by atoms with Crippen LogP contribution in [0, 0.1) is 10.1 Å². The normalized spacial score (nSPS) is 11.7. The number of hydrogen-bond donors (Lipinski definition) is 0. The quantitative estimate of drug-likeness (QED) is 0.563. The van der Waals surface area contributed by atoms with E-state index in [-0.39, 0.29) is 21.3 Å². The number of nitrogens with zero attached hydrogens (tertiary/aromatic N) is 2. The SMILES string of the molecule is COCn1c(-c2cccc(Cl)c2Cl)cc([N+](=O)[O-])c1C(F)(F)F. The molecule has 0 fully saturated rings. The van der Waals surface area contributed by atoms with Crippen LogP contribution in [0.5, 0.6) is 0 Å². The maximum Gasteiger partial charge on any atom is 0.438 e. The third-order valence-electron chi connectivity index (χ3n) is 3.03. The van der Waals surface area contributed by atoms with E-state index < -0.39 is 29.2 Å². The number of methoxy groups -OCH3 is 1. The lowest BCUT2D eigenvalue weighted by molar-refractivity contribution is -0.388. The first-order valence-corrected chi connectivity index (χ1v) is 6.82. The zero-order chi connectivity index (χ0) is 17.4. The van der Waals surface area contributed by atoms with Crippen molar-refractivity contribution in [3.8, 4) is 11.3 Å². The van der Waals surface area contributed by atoms with Gasteiger partial charge in [0.1, 0.15) is 6.73 Å². The van der Waals surface area contributed by atoms with Gasteiger partial charge in [0.05, 0.1) is 20.7 Å². The molecule has 23 heavy (non-hydrogen) atoms. The highest BCUT2D eigenvalue weighted by Crippen LogP contribution is 2.43. The van der Waals surface area contributed by atoms with E-state index in [1.54, 1.807) is 0 Å². The predicted octanol–water partition coefficient (Wildman–Crippen LogP) is 4.99. The summed E-state index contributed by atoms with van der Waals surface area (Å²) in [5.41, 5.74) is -2.48. The van der Waals surface area contributed by atoms with E-state index in [1.165, 1.54) is 25.3 Å². The van der Waals surface area contributed by atoms with Crippen LogP contribution in [-0.2, 0) is 17.6 Å². The summed E-state index contributed by atoms with van der Waals surface area (Å²) < 4.78 is 45.2. The molecule has 0 aliphatic carbocycles. The zero-order valence-corrected chi connectivity index (χ0v) is 13.0. The Morgan fingerprint density at radius 3 is 2.52 bits per heavy atom. The van der Waals surface area contributed by atoms with Crippen molar-refractivity contribution in [1.82, 2.24) is 4.57 Å². The highest BCUT2D eigenvalue weighted by molar-refractivity contribution is 6.43. The van der Waals surface area contributed by atoms with Crippen molar-refractivity contribution >= 4 is 28.9 Å². The van der Waals surface area contributed by atoms with Crippen LogP contribution >= 0.6 is 23.2 Å². The monoisotopic (exact) mass is 368 g/mol. The predicted molar refractivity (Wildman–Crippen MR) is 78.6 cm³/mol. The standard InChI is InChI=1S/C13H9Cl2F3N2O3/c1-23-6-19-9(7-3-2-4-8(14)11(7)15)5-10(20(21)22)12(19)13(16,17)18/h2-5H,6H2,1H3. The largest absolute Gasteiger partial charge is 0.438 e. The van der Waals surface area contributed by atoms with Crippen LogP contribution in [0.15, 0.2) is 24.3 Å². The molecule has 0 atom stereocenters. The van der Waals surface area contributed by atoms with Gasteiger partial charge >= 0.3 is 6.18 Å². The second kappa shape index (κ2) is 6.38. The molecule has 0 radical (unpaired) electrons. The highest BCUT2D eigenvalue weighted by atomic mass is 35.5. The molecule has 0 bridgehead atoms. The molecule has 10 heteroatoms. The summed E-state index contributed by atoms with van der Waals surface area (Å²) in [5.74, 6) is 0. The number of alkyl halides is 3. The fourth-order valence-corrected chi connectivity index (χ4v) is 2.56. The molecule has 1 heterocycles. The fraction of sp³-hybridized carbons (Fsp3) is 0.231. The van der Waals surface area contributed by atoms with Gasteiger partial charge in [-0.05, 0) is 6.07 Å².